The van der Waals surface area contributed by atoms with Crippen molar-refractivity contribution in [1.82, 2.24) is 5.32 Å². The van der Waals surface area contributed by atoms with Gasteiger partial charge in [-0.05, 0) is 36.8 Å². The molecular formula is C18H14F3N3O2S. The summed E-state index contributed by atoms with van der Waals surface area (Å²) in [4.78, 5) is 28.2. The highest BCUT2D eigenvalue weighted by Crippen LogP contribution is 2.26. The molecule has 1 heterocycles. The summed E-state index contributed by atoms with van der Waals surface area (Å²) in [7, 11) is 0. The summed E-state index contributed by atoms with van der Waals surface area (Å²) in [5.74, 6) is -3.11. The summed E-state index contributed by atoms with van der Waals surface area (Å²) in [6.07, 6.45) is -0.228. The van der Waals surface area contributed by atoms with Gasteiger partial charge in [0.25, 0.3) is 0 Å². The predicted octanol–water partition coefficient (Wildman–Crippen LogP) is 3.66. The molecule has 0 radical (unpaired) electrons. The molecule has 27 heavy (non-hydrogen) atoms. The molecule has 9 heteroatoms. The van der Waals surface area contributed by atoms with Crippen molar-refractivity contribution < 1.29 is 22.8 Å². The molecule has 1 fully saturated rings. The molecule has 0 spiro atoms. The third-order valence-corrected chi connectivity index (χ3v) is 4.82. The molecule has 5 nitrogen and oxygen atoms in total. The molecule has 2 N–H and O–H groups in total. The number of rotatable bonds is 4. The van der Waals surface area contributed by atoms with Crippen LogP contribution in [0.1, 0.15) is 12.0 Å². The Balaban J connectivity index is 1.64. The average Bonchev–Trinajstić information content (AvgIpc) is 2.93. The monoisotopic (exact) mass is 393 g/mol. The minimum Gasteiger partial charge on any atom is -0.324 e. The Morgan fingerprint density at radius 1 is 1.19 bits per heavy atom. The molecule has 2 aromatic carbocycles. The van der Waals surface area contributed by atoms with E-state index in [9.17, 15) is 22.8 Å². The van der Waals surface area contributed by atoms with Gasteiger partial charge in [0.2, 0.25) is 11.8 Å². The zero-order valence-electron chi connectivity index (χ0n) is 14.1. The van der Waals surface area contributed by atoms with Gasteiger partial charge in [0, 0.05) is 12.5 Å². The van der Waals surface area contributed by atoms with Crippen LogP contribution in [0.25, 0.3) is 0 Å². The summed E-state index contributed by atoms with van der Waals surface area (Å²) in [6, 6.07) is 7.18. The van der Waals surface area contributed by atoms with Gasteiger partial charge in [-0.25, -0.2) is 18.2 Å². The molecule has 0 bridgehead atoms. The molecule has 1 aliphatic heterocycles. The van der Waals surface area contributed by atoms with Crippen LogP contribution in [0.3, 0.4) is 0 Å². The number of halogens is 3. The van der Waals surface area contributed by atoms with Gasteiger partial charge >= 0.3 is 0 Å². The van der Waals surface area contributed by atoms with Gasteiger partial charge < -0.3 is 10.6 Å². The summed E-state index contributed by atoms with van der Waals surface area (Å²) >= 11 is 1.02. The fraction of sp³-hybridized carbons (Fsp3) is 0.167. The van der Waals surface area contributed by atoms with E-state index in [0.717, 1.165) is 23.9 Å². The second-order valence-electron chi connectivity index (χ2n) is 5.82. The Labute approximate surface area is 157 Å². The molecule has 0 aromatic heterocycles. The normalized spacial score (nSPS) is 17.9. The van der Waals surface area contributed by atoms with Gasteiger partial charge in [0.15, 0.2) is 5.17 Å². The largest absolute Gasteiger partial charge is 0.324 e. The van der Waals surface area contributed by atoms with Crippen molar-refractivity contribution in [2.45, 2.75) is 18.6 Å². The number of aliphatic imine (C=N–C) groups is 1. The van der Waals surface area contributed by atoms with E-state index in [1.165, 1.54) is 6.07 Å². The predicted molar refractivity (Wildman–Crippen MR) is 97.4 cm³/mol. The molecule has 2 aromatic rings. The average molecular weight is 393 g/mol. The second kappa shape index (κ2) is 7.83. The summed E-state index contributed by atoms with van der Waals surface area (Å²) < 4.78 is 40.0. The highest BCUT2D eigenvalue weighted by molar-refractivity contribution is 8.15. The molecule has 2 amide bonds. The van der Waals surface area contributed by atoms with Crippen LogP contribution in [0.2, 0.25) is 0 Å². The van der Waals surface area contributed by atoms with Crippen molar-refractivity contribution in [3.05, 3.63) is 59.4 Å². The maximum Gasteiger partial charge on any atom is 0.240 e. The van der Waals surface area contributed by atoms with E-state index < -0.39 is 34.5 Å². The van der Waals surface area contributed by atoms with E-state index in [1.54, 1.807) is 19.1 Å². The molecule has 0 unspecified atom stereocenters. The first-order valence-corrected chi connectivity index (χ1v) is 8.77. The Morgan fingerprint density at radius 3 is 2.67 bits per heavy atom. The Hall–Kier alpha value is -2.81. The Kier molecular flexibility index (Phi) is 5.50. The third kappa shape index (κ3) is 4.68. The molecule has 1 atom stereocenters. The van der Waals surface area contributed by atoms with Gasteiger partial charge in [-0.3, -0.25) is 9.59 Å². The zero-order valence-corrected chi connectivity index (χ0v) is 14.9. The van der Waals surface area contributed by atoms with E-state index >= 15 is 0 Å². The lowest BCUT2D eigenvalue weighted by molar-refractivity contribution is -0.122. The van der Waals surface area contributed by atoms with Crippen LogP contribution in [0, 0.1) is 24.4 Å². The van der Waals surface area contributed by atoms with Crippen molar-refractivity contribution >= 4 is 40.1 Å². The number of amides is 2. The number of amidine groups is 1. The first-order valence-electron chi connectivity index (χ1n) is 7.89. The second-order valence-corrected chi connectivity index (χ2v) is 7.01. The number of anilines is 1. The van der Waals surface area contributed by atoms with Crippen molar-refractivity contribution in [2.75, 3.05) is 5.32 Å². The van der Waals surface area contributed by atoms with Crippen LogP contribution >= 0.6 is 11.8 Å². The number of aryl methyl sites for hydroxylation is 1. The Bertz CT molecular complexity index is 949. The lowest BCUT2D eigenvalue weighted by Gasteiger charge is -2.08. The van der Waals surface area contributed by atoms with Gasteiger partial charge in [0.05, 0.1) is 11.4 Å². The maximum absolute atomic E-state index is 13.6. The zero-order chi connectivity index (χ0) is 19.6. The number of hydrogen-bond acceptors (Lipinski definition) is 4. The van der Waals surface area contributed by atoms with E-state index in [0.29, 0.717) is 17.3 Å². The first-order chi connectivity index (χ1) is 12.8. The van der Waals surface area contributed by atoms with E-state index in [2.05, 4.69) is 15.6 Å². The van der Waals surface area contributed by atoms with Crippen molar-refractivity contribution in [3.63, 3.8) is 0 Å². The van der Waals surface area contributed by atoms with E-state index in [1.807, 2.05) is 0 Å². The molecule has 3 rings (SSSR count). The number of benzene rings is 2. The van der Waals surface area contributed by atoms with Crippen LogP contribution < -0.4 is 10.6 Å². The topological polar surface area (TPSA) is 70.6 Å². The number of carbonyl (C=O) groups excluding carboxylic acids is 2. The molecule has 0 aliphatic carbocycles. The minimum atomic E-state index is -0.907. The molecule has 140 valence electrons. The number of nitrogens with zero attached hydrogens (tertiary/aromatic N) is 1. The summed E-state index contributed by atoms with van der Waals surface area (Å²) in [5.41, 5.74) is 0.637. The highest BCUT2D eigenvalue weighted by Gasteiger charge is 2.32. The Morgan fingerprint density at radius 2 is 1.96 bits per heavy atom. The minimum absolute atomic E-state index is 0.172. The molecule has 1 aliphatic rings. The van der Waals surface area contributed by atoms with Crippen LogP contribution in [0.15, 0.2) is 41.4 Å². The molecule has 1 saturated heterocycles. The summed E-state index contributed by atoms with van der Waals surface area (Å²) in [6.45, 7) is 1.62. The molecular weight excluding hydrogens is 379 g/mol. The smallest absolute Gasteiger partial charge is 0.240 e. The van der Waals surface area contributed by atoms with Gasteiger partial charge in [-0.2, -0.15) is 0 Å². The van der Waals surface area contributed by atoms with Crippen LogP contribution in [-0.4, -0.2) is 22.2 Å². The number of thioether (sulfide) groups is 1. The SMILES string of the molecule is Cc1ccc(N=C2NC(=O)[C@@H](CC(=O)Nc3ccc(F)cc3F)S2)cc1F. The van der Waals surface area contributed by atoms with Gasteiger partial charge in [-0.15, -0.1) is 0 Å². The highest BCUT2D eigenvalue weighted by atomic mass is 32.2. The van der Waals surface area contributed by atoms with Crippen LogP contribution in [0.4, 0.5) is 24.5 Å². The van der Waals surface area contributed by atoms with Crippen LogP contribution in [-0.2, 0) is 9.59 Å². The fourth-order valence-corrected chi connectivity index (χ4v) is 3.31. The van der Waals surface area contributed by atoms with Gasteiger partial charge in [0.1, 0.15) is 22.7 Å². The van der Waals surface area contributed by atoms with Crippen molar-refractivity contribution in [1.29, 1.82) is 0 Å². The fourth-order valence-electron chi connectivity index (χ4n) is 2.32. The van der Waals surface area contributed by atoms with Crippen molar-refractivity contribution in [2.24, 2.45) is 4.99 Å². The van der Waals surface area contributed by atoms with E-state index in [-0.39, 0.29) is 17.3 Å². The molecule has 0 saturated carbocycles. The first kappa shape index (κ1) is 19.0. The lowest BCUT2D eigenvalue weighted by atomic mass is 10.2. The maximum atomic E-state index is 13.6. The van der Waals surface area contributed by atoms with Gasteiger partial charge in [-0.1, -0.05) is 17.8 Å². The lowest BCUT2D eigenvalue weighted by Crippen LogP contribution is -2.28. The van der Waals surface area contributed by atoms with Crippen LogP contribution in [0.5, 0.6) is 0 Å². The van der Waals surface area contributed by atoms with Crippen molar-refractivity contribution in [3.8, 4) is 0 Å². The summed E-state index contributed by atoms with van der Waals surface area (Å²) in [5, 5.41) is 4.31. The van der Waals surface area contributed by atoms with E-state index in [4.69, 9.17) is 0 Å². The quantitative estimate of drug-likeness (QED) is 0.833. The number of carbonyl (C=O) groups is 2. The number of nitrogens with one attached hydrogen (secondary N) is 2. The third-order valence-electron chi connectivity index (χ3n) is 3.74. The standard InChI is InChI=1S/C18H14F3N3O2S/c1-9-2-4-11(7-12(9)20)22-18-24-17(26)15(27-18)8-16(25)23-14-5-3-10(19)6-13(14)21/h2-7,15H,8H2,1H3,(H,23,25)(H,22,24,26)/t15-/m1/s1. The number of hydrogen-bond donors (Lipinski definition) is 2.